The number of benzene rings is 1. The highest BCUT2D eigenvalue weighted by Gasteiger charge is 2.21. The number of aryl methyl sites for hydroxylation is 2. The van der Waals surface area contributed by atoms with Gasteiger partial charge in [0.1, 0.15) is 0 Å². The van der Waals surface area contributed by atoms with Crippen molar-refractivity contribution in [3.63, 3.8) is 0 Å². The summed E-state index contributed by atoms with van der Waals surface area (Å²) in [6.45, 7) is 4.47. The molecule has 31 heavy (non-hydrogen) atoms. The van der Waals surface area contributed by atoms with Gasteiger partial charge in [-0.3, -0.25) is 0 Å². The lowest BCUT2D eigenvalue weighted by Gasteiger charge is -2.27. The van der Waals surface area contributed by atoms with Crippen LogP contribution in [0.5, 0.6) is 0 Å². The summed E-state index contributed by atoms with van der Waals surface area (Å²) in [6, 6.07) is 7.04. The van der Waals surface area contributed by atoms with Crippen molar-refractivity contribution in [3.05, 3.63) is 47.2 Å². The smallest absolute Gasteiger partial charge is 0.168 e. The molecule has 2 aromatic rings. The van der Waals surface area contributed by atoms with Crippen molar-refractivity contribution >= 4 is 0 Å². The summed E-state index contributed by atoms with van der Waals surface area (Å²) in [7, 11) is 0. The van der Waals surface area contributed by atoms with Crippen LogP contribution >= 0.6 is 0 Å². The molecular formula is C27H38F2N2. The van der Waals surface area contributed by atoms with Gasteiger partial charge in [-0.2, -0.15) is 10.2 Å². The first kappa shape index (κ1) is 23.8. The maximum Gasteiger partial charge on any atom is 0.168 e. The Morgan fingerprint density at radius 2 is 1.52 bits per heavy atom. The molecule has 3 rings (SSSR count). The van der Waals surface area contributed by atoms with Crippen molar-refractivity contribution in [2.75, 3.05) is 0 Å². The van der Waals surface area contributed by atoms with Crippen molar-refractivity contribution in [2.45, 2.75) is 97.3 Å². The third kappa shape index (κ3) is 6.82. The number of unbranched alkanes of at least 4 members (excludes halogenated alkanes) is 4. The molecule has 2 nitrogen and oxygen atoms in total. The molecule has 0 bridgehead atoms. The number of rotatable bonds is 11. The minimum Gasteiger partial charge on any atom is -0.203 e. The van der Waals surface area contributed by atoms with Crippen LogP contribution in [0.3, 0.4) is 0 Å². The standard InChI is InChI=1S/C27H38F2N2/c1-3-5-6-7-8-9-23-17-19-25(31-30-23)24-18-16-22(26(28)27(24)29)15-14-21-12-10-20(4-2)11-13-21/h16-21H,3-15H2,1-2H3. The fourth-order valence-corrected chi connectivity index (χ4v) is 4.81. The number of hydrogen-bond acceptors (Lipinski definition) is 2. The highest BCUT2D eigenvalue weighted by molar-refractivity contribution is 5.60. The van der Waals surface area contributed by atoms with Gasteiger partial charge in [-0.25, -0.2) is 8.78 Å². The van der Waals surface area contributed by atoms with Crippen molar-refractivity contribution in [2.24, 2.45) is 11.8 Å². The first-order chi connectivity index (χ1) is 15.1. The van der Waals surface area contributed by atoms with E-state index in [1.807, 2.05) is 6.07 Å². The highest BCUT2D eigenvalue weighted by Crippen LogP contribution is 2.34. The molecule has 1 aromatic heterocycles. The van der Waals surface area contributed by atoms with Gasteiger partial charge in [-0.1, -0.05) is 77.7 Å². The molecule has 170 valence electrons. The van der Waals surface area contributed by atoms with Gasteiger partial charge in [-0.15, -0.1) is 0 Å². The fraction of sp³-hybridized carbons (Fsp3) is 0.630. The Bertz CT molecular complexity index is 796. The molecule has 0 unspecified atom stereocenters. The molecular weight excluding hydrogens is 390 g/mol. The molecule has 1 fully saturated rings. The van der Waals surface area contributed by atoms with E-state index in [-0.39, 0.29) is 5.56 Å². The zero-order valence-corrected chi connectivity index (χ0v) is 19.3. The number of nitrogens with zero attached hydrogens (tertiary/aromatic N) is 2. The van der Waals surface area contributed by atoms with Crippen LogP contribution < -0.4 is 0 Å². The predicted octanol–water partition coefficient (Wildman–Crippen LogP) is 8.08. The Morgan fingerprint density at radius 3 is 2.19 bits per heavy atom. The normalized spacial score (nSPS) is 19.0. The van der Waals surface area contributed by atoms with Gasteiger partial charge in [0.25, 0.3) is 0 Å². The molecule has 0 amide bonds. The van der Waals surface area contributed by atoms with E-state index < -0.39 is 11.6 Å². The molecule has 1 aliphatic carbocycles. The Kier molecular flexibility index (Phi) is 9.42. The van der Waals surface area contributed by atoms with Gasteiger partial charge in [0.15, 0.2) is 11.6 Å². The summed E-state index contributed by atoms with van der Waals surface area (Å²) in [4.78, 5) is 0. The highest BCUT2D eigenvalue weighted by atomic mass is 19.2. The first-order valence-corrected chi connectivity index (χ1v) is 12.4. The molecule has 1 heterocycles. The van der Waals surface area contributed by atoms with Gasteiger partial charge < -0.3 is 0 Å². The Balaban J connectivity index is 1.56. The van der Waals surface area contributed by atoms with Crippen LogP contribution in [0, 0.1) is 23.5 Å². The molecule has 0 aliphatic heterocycles. The van der Waals surface area contributed by atoms with Crippen molar-refractivity contribution in [1.29, 1.82) is 0 Å². The van der Waals surface area contributed by atoms with Crippen molar-refractivity contribution < 1.29 is 8.78 Å². The molecule has 0 spiro atoms. The first-order valence-electron chi connectivity index (χ1n) is 12.4. The van der Waals surface area contributed by atoms with Gasteiger partial charge in [0, 0.05) is 5.56 Å². The van der Waals surface area contributed by atoms with Gasteiger partial charge in [0.2, 0.25) is 0 Å². The van der Waals surface area contributed by atoms with E-state index >= 15 is 0 Å². The van der Waals surface area contributed by atoms with E-state index in [0.29, 0.717) is 23.6 Å². The van der Waals surface area contributed by atoms with Crippen LogP contribution in [0.4, 0.5) is 8.78 Å². The second kappa shape index (κ2) is 12.3. The molecule has 4 heteroatoms. The van der Waals surface area contributed by atoms with Crippen LogP contribution in [0.2, 0.25) is 0 Å². The minimum atomic E-state index is -0.797. The molecule has 0 radical (unpaired) electrons. The fourth-order valence-electron chi connectivity index (χ4n) is 4.81. The second-order valence-electron chi connectivity index (χ2n) is 9.31. The topological polar surface area (TPSA) is 25.8 Å². The summed E-state index contributed by atoms with van der Waals surface area (Å²) in [5, 5.41) is 8.41. The van der Waals surface area contributed by atoms with E-state index in [1.165, 1.54) is 57.8 Å². The number of halogens is 2. The zero-order valence-electron chi connectivity index (χ0n) is 19.3. The number of aromatic nitrogens is 2. The summed E-state index contributed by atoms with van der Waals surface area (Å²) < 4.78 is 29.5. The Labute approximate surface area is 186 Å². The lowest BCUT2D eigenvalue weighted by molar-refractivity contribution is 0.258. The summed E-state index contributed by atoms with van der Waals surface area (Å²) in [6.07, 6.45) is 14.7. The quantitative estimate of drug-likeness (QED) is 0.338. The molecule has 0 N–H and O–H groups in total. The molecule has 1 saturated carbocycles. The van der Waals surface area contributed by atoms with Crippen molar-refractivity contribution in [3.8, 4) is 11.3 Å². The molecule has 1 aliphatic rings. The lowest BCUT2D eigenvalue weighted by atomic mass is 9.78. The van der Waals surface area contributed by atoms with Gasteiger partial charge in [0.05, 0.1) is 11.4 Å². The molecule has 0 atom stereocenters. The lowest BCUT2D eigenvalue weighted by Crippen LogP contribution is -2.14. The van der Waals surface area contributed by atoms with Crippen LogP contribution in [-0.4, -0.2) is 10.2 Å². The Morgan fingerprint density at radius 1 is 0.774 bits per heavy atom. The maximum absolute atomic E-state index is 14.8. The maximum atomic E-state index is 14.8. The van der Waals surface area contributed by atoms with E-state index in [0.717, 1.165) is 30.9 Å². The number of hydrogen-bond donors (Lipinski definition) is 0. The van der Waals surface area contributed by atoms with Gasteiger partial charge in [-0.05, 0) is 61.3 Å². The van der Waals surface area contributed by atoms with E-state index in [9.17, 15) is 8.78 Å². The van der Waals surface area contributed by atoms with Crippen molar-refractivity contribution in [1.82, 2.24) is 10.2 Å². The molecule has 0 saturated heterocycles. The van der Waals surface area contributed by atoms with E-state index in [1.54, 1.807) is 18.2 Å². The van der Waals surface area contributed by atoms with Crippen LogP contribution in [0.25, 0.3) is 11.3 Å². The zero-order chi connectivity index (χ0) is 22.1. The third-order valence-electron chi connectivity index (χ3n) is 7.06. The predicted molar refractivity (Wildman–Crippen MR) is 124 cm³/mol. The van der Waals surface area contributed by atoms with E-state index in [2.05, 4.69) is 24.0 Å². The summed E-state index contributed by atoms with van der Waals surface area (Å²) >= 11 is 0. The van der Waals surface area contributed by atoms with Crippen LogP contribution in [0.1, 0.15) is 95.7 Å². The molecule has 1 aromatic carbocycles. The summed E-state index contributed by atoms with van der Waals surface area (Å²) in [5.74, 6) is -0.0149. The average Bonchev–Trinajstić information content (AvgIpc) is 2.81. The van der Waals surface area contributed by atoms with Crippen LogP contribution in [0.15, 0.2) is 24.3 Å². The van der Waals surface area contributed by atoms with Gasteiger partial charge >= 0.3 is 0 Å². The average molecular weight is 429 g/mol. The SMILES string of the molecule is CCCCCCCc1ccc(-c2ccc(CCC3CCC(CC)CC3)c(F)c2F)nn1. The minimum absolute atomic E-state index is 0.201. The third-order valence-corrected chi connectivity index (χ3v) is 7.06. The summed E-state index contributed by atoms with van der Waals surface area (Å²) in [5.41, 5.74) is 1.99. The largest absolute Gasteiger partial charge is 0.203 e. The van der Waals surface area contributed by atoms with Crippen LogP contribution in [-0.2, 0) is 12.8 Å². The monoisotopic (exact) mass is 428 g/mol. The second-order valence-corrected chi connectivity index (χ2v) is 9.31. The Hall–Kier alpha value is -1.84. The van der Waals surface area contributed by atoms with E-state index in [4.69, 9.17) is 0 Å².